The molecule has 1 aromatic carbocycles. The van der Waals surface area contributed by atoms with Crippen LogP contribution in [0.25, 0.3) is 0 Å². The van der Waals surface area contributed by atoms with Crippen molar-refractivity contribution in [2.45, 2.75) is 32.1 Å². The monoisotopic (exact) mass is 272 g/mol. The van der Waals surface area contributed by atoms with Crippen LogP contribution in [0.3, 0.4) is 0 Å². The van der Waals surface area contributed by atoms with Gasteiger partial charge in [-0.25, -0.2) is 4.79 Å². The largest absolute Gasteiger partial charge is 0.459 e. The zero-order chi connectivity index (χ0) is 13.9. The number of carbonyl (C=O) groups is 1. The van der Waals surface area contributed by atoms with Crippen LogP contribution in [-0.2, 0) is 11.2 Å². The second kappa shape index (κ2) is 5.45. The van der Waals surface area contributed by atoms with Gasteiger partial charge in [0.05, 0.1) is 6.61 Å². The van der Waals surface area contributed by atoms with Gasteiger partial charge in [-0.1, -0.05) is 29.4 Å². The Kier molecular flexibility index (Phi) is 3.50. The minimum Gasteiger partial charge on any atom is -0.459 e. The summed E-state index contributed by atoms with van der Waals surface area (Å²) < 4.78 is 9.87. The number of benzene rings is 1. The van der Waals surface area contributed by atoms with Gasteiger partial charge in [0.25, 0.3) is 0 Å². The summed E-state index contributed by atoms with van der Waals surface area (Å²) in [5.74, 6) is 0.0485. The summed E-state index contributed by atoms with van der Waals surface area (Å²) in [7, 11) is 0. The molecule has 0 saturated heterocycles. The van der Waals surface area contributed by atoms with Gasteiger partial charge in [0.15, 0.2) is 5.82 Å². The Morgan fingerprint density at radius 2 is 2.30 bits per heavy atom. The van der Waals surface area contributed by atoms with Crippen molar-refractivity contribution in [1.82, 2.24) is 10.1 Å². The van der Waals surface area contributed by atoms with Crippen LogP contribution in [0.4, 0.5) is 0 Å². The van der Waals surface area contributed by atoms with Gasteiger partial charge in [-0.15, -0.1) is 0 Å². The minimum atomic E-state index is -0.560. The fourth-order valence-corrected chi connectivity index (χ4v) is 2.67. The molecule has 0 N–H and O–H groups in total. The lowest BCUT2D eigenvalue weighted by molar-refractivity contribution is 0.0470. The number of hydrogen-bond acceptors (Lipinski definition) is 5. The highest BCUT2D eigenvalue weighted by atomic mass is 16.6. The molecule has 1 heterocycles. The summed E-state index contributed by atoms with van der Waals surface area (Å²) in [6, 6.07) is 8.29. The second-order valence-corrected chi connectivity index (χ2v) is 4.82. The summed E-state index contributed by atoms with van der Waals surface area (Å²) in [6.07, 6.45) is 3.14. The molecule has 0 saturated carbocycles. The van der Waals surface area contributed by atoms with Crippen LogP contribution in [-0.4, -0.2) is 22.7 Å². The molecule has 20 heavy (non-hydrogen) atoms. The van der Waals surface area contributed by atoms with Crippen molar-refractivity contribution in [2.24, 2.45) is 0 Å². The van der Waals surface area contributed by atoms with Gasteiger partial charge < -0.3 is 9.26 Å². The van der Waals surface area contributed by atoms with Crippen LogP contribution in [0.5, 0.6) is 0 Å². The Morgan fingerprint density at radius 3 is 3.15 bits per heavy atom. The van der Waals surface area contributed by atoms with Gasteiger partial charge in [-0.2, -0.15) is 4.98 Å². The van der Waals surface area contributed by atoms with E-state index < -0.39 is 5.97 Å². The predicted molar refractivity (Wildman–Crippen MR) is 71.5 cm³/mol. The SMILES string of the molecule is CCOC(=O)c1nc(C2CCCc3ccccc32)no1. The molecule has 5 nitrogen and oxygen atoms in total. The molecule has 1 aliphatic rings. The topological polar surface area (TPSA) is 65.2 Å². The lowest BCUT2D eigenvalue weighted by atomic mass is 9.82. The summed E-state index contributed by atoms with van der Waals surface area (Å²) >= 11 is 0. The average molecular weight is 272 g/mol. The number of esters is 1. The molecule has 2 aromatic rings. The maximum absolute atomic E-state index is 11.6. The van der Waals surface area contributed by atoms with E-state index in [9.17, 15) is 4.79 Å². The maximum Gasteiger partial charge on any atom is 0.397 e. The second-order valence-electron chi connectivity index (χ2n) is 4.82. The quantitative estimate of drug-likeness (QED) is 0.804. The molecule has 0 fully saturated rings. The van der Waals surface area contributed by atoms with E-state index in [1.165, 1.54) is 11.1 Å². The first-order chi connectivity index (χ1) is 9.79. The Hall–Kier alpha value is -2.17. The number of aromatic nitrogens is 2. The lowest BCUT2D eigenvalue weighted by Crippen LogP contribution is -2.12. The summed E-state index contributed by atoms with van der Waals surface area (Å²) in [6.45, 7) is 2.04. The van der Waals surface area contributed by atoms with E-state index in [0.717, 1.165) is 19.3 Å². The molecule has 1 atom stereocenters. The van der Waals surface area contributed by atoms with Gasteiger partial charge in [-0.3, -0.25) is 0 Å². The first kappa shape index (κ1) is 12.8. The van der Waals surface area contributed by atoms with Gasteiger partial charge >= 0.3 is 11.9 Å². The fourth-order valence-electron chi connectivity index (χ4n) is 2.67. The first-order valence-electron chi connectivity index (χ1n) is 6.88. The van der Waals surface area contributed by atoms with E-state index in [1.54, 1.807) is 6.92 Å². The Labute approximate surface area is 116 Å². The number of hydrogen-bond donors (Lipinski definition) is 0. The maximum atomic E-state index is 11.6. The van der Waals surface area contributed by atoms with Crippen molar-refractivity contribution < 1.29 is 14.1 Å². The van der Waals surface area contributed by atoms with E-state index in [1.807, 2.05) is 12.1 Å². The molecule has 0 bridgehead atoms. The number of ether oxygens (including phenoxy) is 1. The van der Waals surface area contributed by atoms with Gasteiger partial charge in [-0.05, 0) is 37.3 Å². The Bertz CT molecular complexity index is 621. The Morgan fingerprint density at radius 1 is 1.45 bits per heavy atom. The summed E-state index contributed by atoms with van der Waals surface area (Å²) in [5, 5.41) is 3.96. The highest BCUT2D eigenvalue weighted by Crippen LogP contribution is 2.35. The zero-order valence-corrected chi connectivity index (χ0v) is 11.3. The number of fused-ring (bicyclic) bond motifs is 1. The third kappa shape index (κ3) is 2.31. The molecule has 5 heteroatoms. The molecule has 0 spiro atoms. The van der Waals surface area contributed by atoms with Crippen molar-refractivity contribution >= 4 is 5.97 Å². The third-order valence-electron chi connectivity index (χ3n) is 3.57. The Balaban J connectivity index is 1.89. The van der Waals surface area contributed by atoms with E-state index in [2.05, 4.69) is 22.3 Å². The highest BCUT2D eigenvalue weighted by molar-refractivity contribution is 5.84. The summed E-state index contributed by atoms with van der Waals surface area (Å²) in [4.78, 5) is 15.8. The standard InChI is InChI=1S/C15H16N2O3/c1-2-19-15(18)14-16-13(17-20-14)12-9-5-7-10-6-3-4-8-11(10)12/h3-4,6,8,12H,2,5,7,9H2,1H3. The predicted octanol–water partition coefficient (Wildman–Crippen LogP) is 2.71. The number of nitrogens with zero attached hydrogens (tertiary/aromatic N) is 2. The van der Waals surface area contributed by atoms with Crippen molar-refractivity contribution in [2.75, 3.05) is 6.61 Å². The van der Waals surface area contributed by atoms with Crippen LogP contribution >= 0.6 is 0 Å². The van der Waals surface area contributed by atoms with Crippen LogP contribution in [0, 0.1) is 0 Å². The molecular weight excluding hydrogens is 256 g/mol. The molecule has 1 aromatic heterocycles. The number of aryl methyl sites for hydroxylation is 1. The molecule has 3 rings (SSSR count). The zero-order valence-electron chi connectivity index (χ0n) is 11.3. The average Bonchev–Trinajstić information content (AvgIpc) is 2.97. The highest BCUT2D eigenvalue weighted by Gasteiger charge is 2.27. The number of rotatable bonds is 3. The summed E-state index contributed by atoms with van der Waals surface area (Å²) in [5.41, 5.74) is 2.56. The van der Waals surface area contributed by atoms with Crippen molar-refractivity contribution in [3.8, 4) is 0 Å². The van der Waals surface area contributed by atoms with Gasteiger partial charge in [0.1, 0.15) is 0 Å². The molecular formula is C15H16N2O3. The third-order valence-corrected chi connectivity index (χ3v) is 3.57. The smallest absolute Gasteiger partial charge is 0.397 e. The van der Waals surface area contributed by atoms with Crippen LogP contribution < -0.4 is 0 Å². The van der Waals surface area contributed by atoms with E-state index in [0.29, 0.717) is 12.4 Å². The fraction of sp³-hybridized carbons (Fsp3) is 0.400. The molecule has 0 radical (unpaired) electrons. The van der Waals surface area contributed by atoms with Crippen LogP contribution in [0.1, 0.15) is 53.3 Å². The van der Waals surface area contributed by atoms with Crippen LogP contribution in [0.2, 0.25) is 0 Å². The molecule has 1 aliphatic carbocycles. The molecule has 0 amide bonds. The van der Waals surface area contributed by atoms with E-state index >= 15 is 0 Å². The van der Waals surface area contributed by atoms with Gasteiger partial charge in [0.2, 0.25) is 0 Å². The van der Waals surface area contributed by atoms with E-state index in [4.69, 9.17) is 9.26 Å². The van der Waals surface area contributed by atoms with Crippen molar-refractivity contribution in [3.63, 3.8) is 0 Å². The van der Waals surface area contributed by atoms with Crippen molar-refractivity contribution in [1.29, 1.82) is 0 Å². The normalized spacial score (nSPS) is 17.6. The molecule has 104 valence electrons. The van der Waals surface area contributed by atoms with E-state index in [-0.39, 0.29) is 11.8 Å². The number of carbonyl (C=O) groups excluding carboxylic acids is 1. The van der Waals surface area contributed by atoms with Crippen molar-refractivity contribution in [3.05, 3.63) is 47.1 Å². The molecule has 1 unspecified atom stereocenters. The lowest BCUT2D eigenvalue weighted by Gasteiger charge is -2.22. The van der Waals surface area contributed by atoms with Gasteiger partial charge in [0, 0.05) is 5.92 Å². The first-order valence-corrected chi connectivity index (χ1v) is 6.88. The minimum absolute atomic E-state index is 0.0649. The van der Waals surface area contributed by atoms with Crippen LogP contribution in [0.15, 0.2) is 28.8 Å². The molecule has 0 aliphatic heterocycles.